The largest absolute Gasteiger partial charge is 0.395 e. The minimum atomic E-state index is -2.92. The number of rotatable bonds is 1. The molecule has 1 fully saturated rings. The van der Waals surface area contributed by atoms with Crippen molar-refractivity contribution in [3.05, 3.63) is 0 Å². The Balaban J connectivity index is 2.70. The van der Waals surface area contributed by atoms with E-state index in [1.165, 1.54) is 0 Å². The van der Waals surface area contributed by atoms with Gasteiger partial charge >= 0.3 is 0 Å². The Kier molecular flexibility index (Phi) is 2.31. The van der Waals surface area contributed by atoms with E-state index in [2.05, 4.69) is 0 Å². The Morgan fingerprint density at radius 1 is 1.40 bits per heavy atom. The van der Waals surface area contributed by atoms with Gasteiger partial charge in [-0.15, -0.1) is 0 Å². The number of hydrogen-bond donors (Lipinski definition) is 1. The molecule has 4 heteroatoms. The SMILES string of the molecule is O=S1(=O)CCCC[C@H]1CO. The molecule has 1 saturated heterocycles. The summed E-state index contributed by atoms with van der Waals surface area (Å²) in [6.45, 7) is -0.206. The van der Waals surface area contributed by atoms with Crippen LogP contribution >= 0.6 is 0 Å². The molecule has 0 aromatic rings. The number of hydrogen-bond acceptors (Lipinski definition) is 3. The highest BCUT2D eigenvalue weighted by Gasteiger charge is 2.27. The normalized spacial score (nSPS) is 31.9. The van der Waals surface area contributed by atoms with Crippen LogP contribution in [0.2, 0.25) is 0 Å². The van der Waals surface area contributed by atoms with Gasteiger partial charge in [-0.3, -0.25) is 0 Å². The predicted octanol–water partition coefficient (Wildman–Crippen LogP) is -0.0540. The van der Waals surface area contributed by atoms with Crippen LogP contribution in [0.15, 0.2) is 0 Å². The Morgan fingerprint density at radius 3 is 2.50 bits per heavy atom. The quantitative estimate of drug-likeness (QED) is 0.591. The zero-order valence-electron chi connectivity index (χ0n) is 5.78. The lowest BCUT2D eigenvalue weighted by Gasteiger charge is -2.19. The molecule has 0 saturated carbocycles. The molecule has 0 aromatic carbocycles. The Hall–Kier alpha value is -0.0900. The molecule has 0 bridgehead atoms. The molecule has 0 spiro atoms. The lowest BCUT2D eigenvalue weighted by Crippen LogP contribution is -2.31. The molecule has 1 atom stereocenters. The molecule has 1 aliphatic heterocycles. The average molecular weight is 164 g/mol. The molecule has 60 valence electrons. The Morgan fingerprint density at radius 2 is 2.10 bits per heavy atom. The van der Waals surface area contributed by atoms with Crippen molar-refractivity contribution in [1.29, 1.82) is 0 Å². The number of aliphatic hydroxyl groups is 1. The fraction of sp³-hybridized carbons (Fsp3) is 1.00. The lowest BCUT2D eigenvalue weighted by molar-refractivity contribution is 0.281. The molecule has 0 amide bonds. The van der Waals surface area contributed by atoms with Gasteiger partial charge in [-0.1, -0.05) is 6.42 Å². The average Bonchev–Trinajstić information content (AvgIpc) is 1.87. The number of sulfone groups is 1. The van der Waals surface area contributed by atoms with Crippen molar-refractivity contribution < 1.29 is 13.5 Å². The van der Waals surface area contributed by atoms with Crippen LogP contribution in [-0.2, 0) is 9.84 Å². The molecular formula is C6H12O3S. The molecular weight excluding hydrogens is 152 g/mol. The zero-order valence-corrected chi connectivity index (χ0v) is 6.60. The number of aliphatic hydroxyl groups excluding tert-OH is 1. The third-order valence-electron chi connectivity index (χ3n) is 1.92. The van der Waals surface area contributed by atoms with Gasteiger partial charge in [0.15, 0.2) is 9.84 Å². The van der Waals surface area contributed by atoms with E-state index in [9.17, 15) is 8.42 Å². The summed E-state index contributed by atoms with van der Waals surface area (Å²) in [6, 6.07) is 0. The van der Waals surface area contributed by atoms with Crippen LogP contribution in [0.1, 0.15) is 19.3 Å². The first-order chi connectivity index (χ1) is 4.67. The summed E-state index contributed by atoms with van der Waals surface area (Å²) in [5, 5.41) is 8.18. The molecule has 1 aliphatic rings. The second-order valence-electron chi connectivity index (χ2n) is 2.67. The van der Waals surface area contributed by atoms with Gasteiger partial charge in [-0.25, -0.2) is 8.42 Å². The highest BCUT2D eigenvalue weighted by molar-refractivity contribution is 7.92. The molecule has 10 heavy (non-hydrogen) atoms. The first-order valence-electron chi connectivity index (χ1n) is 3.49. The van der Waals surface area contributed by atoms with Crippen molar-refractivity contribution >= 4 is 9.84 Å². The van der Waals surface area contributed by atoms with Crippen molar-refractivity contribution in [1.82, 2.24) is 0 Å². The molecule has 0 aliphatic carbocycles. The third kappa shape index (κ3) is 1.49. The zero-order chi connectivity index (χ0) is 7.61. The summed E-state index contributed by atoms with van der Waals surface area (Å²) < 4.78 is 22.1. The highest BCUT2D eigenvalue weighted by atomic mass is 32.2. The van der Waals surface area contributed by atoms with Crippen LogP contribution in [0.4, 0.5) is 0 Å². The van der Waals surface area contributed by atoms with Crippen LogP contribution in [0.3, 0.4) is 0 Å². The third-order valence-corrected chi connectivity index (χ3v) is 4.17. The van der Waals surface area contributed by atoms with E-state index >= 15 is 0 Å². The summed E-state index contributed by atoms with van der Waals surface area (Å²) in [5.41, 5.74) is 0. The van der Waals surface area contributed by atoms with Gasteiger partial charge in [0, 0.05) is 0 Å². The molecule has 0 unspecified atom stereocenters. The van der Waals surface area contributed by atoms with Crippen molar-refractivity contribution in [2.45, 2.75) is 24.5 Å². The van der Waals surface area contributed by atoms with Crippen molar-refractivity contribution in [3.63, 3.8) is 0 Å². The molecule has 1 N–H and O–H groups in total. The summed E-state index contributed by atoms with van der Waals surface area (Å²) >= 11 is 0. The van der Waals surface area contributed by atoms with Crippen LogP contribution in [-0.4, -0.2) is 31.1 Å². The van der Waals surface area contributed by atoms with Crippen molar-refractivity contribution in [3.8, 4) is 0 Å². The van der Waals surface area contributed by atoms with Crippen molar-refractivity contribution in [2.24, 2.45) is 0 Å². The minimum Gasteiger partial charge on any atom is -0.395 e. The van der Waals surface area contributed by atoms with Gasteiger partial charge in [0.25, 0.3) is 0 Å². The first kappa shape index (κ1) is 8.01. The smallest absolute Gasteiger partial charge is 0.155 e. The summed E-state index contributed by atoms with van der Waals surface area (Å²) in [7, 11) is -2.92. The van der Waals surface area contributed by atoms with Crippen molar-refractivity contribution in [2.75, 3.05) is 12.4 Å². The van der Waals surface area contributed by atoms with E-state index in [0.717, 1.165) is 12.8 Å². The van der Waals surface area contributed by atoms with Gasteiger partial charge in [-0.2, -0.15) is 0 Å². The van der Waals surface area contributed by atoms with Gasteiger partial charge in [0.05, 0.1) is 17.6 Å². The minimum absolute atomic E-state index is 0.206. The van der Waals surface area contributed by atoms with Gasteiger partial charge < -0.3 is 5.11 Å². The van der Waals surface area contributed by atoms with Crippen LogP contribution in [0.5, 0.6) is 0 Å². The van der Waals surface area contributed by atoms with Gasteiger partial charge in [-0.05, 0) is 12.8 Å². The highest BCUT2D eigenvalue weighted by Crippen LogP contribution is 2.18. The maximum absolute atomic E-state index is 11.1. The molecule has 3 nitrogen and oxygen atoms in total. The van der Waals surface area contributed by atoms with E-state index in [0.29, 0.717) is 6.42 Å². The van der Waals surface area contributed by atoms with E-state index < -0.39 is 15.1 Å². The maximum Gasteiger partial charge on any atom is 0.155 e. The van der Waals surface area contributed by atoms with Crippen LogP contribution in [0.25, 0.3) is 0 Å². The van der Waals surface area contributed by atoms with E-state index in [1.807, 2.05) is 0 Å². The first-order valence-corrected chi connectivity index (χ1v) is 5.21. The molecule has 1 rings (SSSR count). The summed E-state index contributed by atoms with van der Waals surface area (Å²) in [6.07, 6.45) is 2.34. The maximum atomic E-state index is 11.1. The topological polar surface area (TPSA) is 54.4 Å². The fourth-order valence-electron chi connectivity index (χ4n) is 1.23. The van der Waals surface area contributed by atoms with Gasteiger partial charge in [0.2, 0.25) is 0 Å². The fourth-order valence-corrected chi connectivity index (χ4v) is 2.92. The van der Waals surface area contributed by atoms with E-state index in [4.69, 9.17) is 5.11 Å². The lowest BCUT2D eigenvalue weighted by atomic mass is 10.2. The van der Waals surface area contributed by atoms with Crippen LogP contribution in [0, 0.1) is 0 Å². The summed E-state index contributed by atoms with van der Waals surface area (Å²) in [4.78, 5) is 0. The standard InChI is InChI=1S/C6H12O3S/c7-5-6-3-1-2-4-10(6,8)9/h6-7H,1-5H2/t6-/m0/s1. The molecule has 0 radical (unpaired) electrons. The monoisotopic (exact) mass is 164 g/mol. The Labute approximate surface area is 61.0 Å². The second kappa shape index (κ2) is 2.88. The van der Waals surface area contributed by atoms with E-state index in [-0.39, 0.29) is 12.4 Å². The van der Waals surface area contributed by atoms with Gasteiger partial charge in [0.1, 0.15) is 0 Å². The molecule has 1 heterocycles. The summed E-state index contributed by atoms with van der Waals surface area (Å²) in [5.74, 6) is 0.262. The Bertz CT molecular complexity index is 195. The second-order valence-corrected chi connectivity index (χ2v) is 5.07. The van der Waals surface area contributed by atoms with Crippen LogP contribution < -0.4 is 0 Å². The molecule has 0 aromatic heterocycles. The van der Waals surface area contributed by atoms with E-state index in [1.54, 1.807) is 0 Å². The predicted molar refractivity (Wildman–Crippen MR) is 38.5 cm³/mol.